The van der Waals surface area contributed by atoms with E-state index in [1.54, 1.807) is 6.92 Å². The quantitative estimate of drug-likeness (QED) is 0.0827. The van der Waals surface area contributed by atoms with E-state index in [1.807, 2.05) is 6.92 Å². The van der Waals surface area contributed by atoms with Crippen molar-refractivity contribution in [1.29, 1.82) is 5.26 Å². The van der Waals surface area contributed by atoms with Crippen molar-refractivity contribution in [3.8, 4) is 6.07 Å². The Labute approximate surface area is 231 Å². The van der Waals surface area contributed by atoms with Gasteiger partial charge in [-0.3, -0.25) is 14.4 Å². The number of carbonyl (C=O) groups excluding carboxylic acids is 3. The number of nitrogens with zero attached hydrogens (tertiary/aromatic N) is 1. The number of hydrogen-bond donors (Lipinski definition) is 0. The maximum atomic E-state index is 13.3. The first-order chi connectivity index (χ1) is 18.4. The molecule has 0 bridgehead atoms. The van der Waals surface area contributed by atoms with Crippen LogP contribution >= 0.6 is 0 Å². The molecule has 0 N–H and O–H groups in total. The van der Waals surface area contributed by atoms with Crippen molar-refractivity contribution >= 4 is 17.7 Å². The third-order valence-corrected chi connectivity index (χ3v) is 7.97. The lowest BCUT2D eigenvalue weighted by Gasteiger charge is -2.33. The van der Waals surface area contributed by atoms with Gasteiger partial charge >= 0.3 is 11.9 Å². The summed E-state index contributed by atoms with van der Waals surface area (Å²) in [6, 6.07) is 2.14. The highest BCUT2D eigenvalue weighted by Gasteiger charge is 2.55. The van der Waals surface area contributed by atoms with Crippen molar-refractivity contribution in [2.45, 2.75) is 137 Å². The van der Waals surface area contributed by atoms with Gasteiger partial charge in [0.1, 0.15) is 11.2 Å². The fourth-order valence-corrected chi connectivity index (χ4v) is 5.93. The molecular weight excluding hydrogens is 482 g/mol. The van der Waals surface area contributed by atoms with Crippen LogP contribution in [0.5, 0.6) is 0 Å². The van der Waals surface area contributed by atoms with Gasteiger partial charge in [0, 0.05) is 6.42 Å². The maximum Gasteiger partial charge on any atom is 0.319 e. The Kier molecular flexibility index (Phi) is 18.0. The van der Waals surface area contributed by atoms with Gasteiger partial charge in [0.05, 0.1) is 44.3 Å². The SMILES string of the molecule is CCCCCC(CCC1CCC(=O)C1(CCCCCC(CCC)C(=O)OCC)C(=O)OCC)OCCC#N. The largest absolute Gasteiger partial charge is 0.466 e. The summed E-state index contributed by atoms with van der Waals surface area (Å²) in [7, 11) is 0. The number of Topliss-reactive ketones (excluding diaryl/α,β-unsaturated/α-hetero) is 1. The summed E-state index contributed by atoms with van der Waals surface area (Å²) < 4.78 is 16.7. The van der Waals surface area contributed by atoms with Crippen molar-refractivity contribution in [3.63, 3.8) is 0 Å². The number of rotatable bonds is 22. The van der Waals surface area contributed by atoms with E-state index in [-0.39, 0.29) is 42.3 Å². The van der Waals surface area contributed by atoms with Crippen LogP contribution < -0.4 is 0 Å². The van der Waals surface area contributed by atoms with E-state index in [0.29, 0.717) is 38.9 Å². The molecule has 7 nitrogen and oxygen atoms in total. The predicted octanol–water partition coefficient (Wildman–Crippen LogP) is 7.10. The average molecular weight is 536 g/mol. The van der Waals surface area contributed by atoms with Gasteiger partial charge in [-0.05, 0) is 64.7 Å². The van der Waals surface area contributed by atoms with Gasteiger partial charge in [-0.1, -0.05) is 58.8 Å². The van der Waals surface area contributed by atoms with E-state index in [9.17, 15) is 14.4 Å². The normalized spacial score (nSPS) is 20.6. The molecule has 4 atom stereocenters. The van der Waals surface area contributed by atoms with Gasteiger partial charge in [-0.2, -0.15) is 5.26 Å². The molecule has 7 heteroatoms. The van der Waals surface area contributed by atoms with Gasteiger partial charge in [-0.15, -0.1) is 0 Å². The minimum Gasteiger partial charge on any atom is -0.466 e. The van der Waals surface area contributed by atoms with Crippen LogP contribution in [0, 0.1) is 28.6 Å². The third kappa shape index (κ3) is 11.0. The first kappa shape index (κ1) is 34.1. The van der Waals surface area contributed by atoms with Crippen LogP contribution in [-0.4, -0.2) is 43.6 Å². The lowest BCUT2D eigenvalue weighted by Crippen LogP contribution is -2.42. The summed E-state index contributed by atoms with van der Waals surface area (Å²) >= 11 is 0. The number of nitriles is 1. The van der Waals surface area contributed by atoms with Crippen LogP contribution in [0.15, 0.2) is 0 Å². The molecule has 0 aromatic rings. The number of ketones is 1. The Bertz CT molecular complexity index is 732. The number of ether oxygens (including phenoxy) is 3. The standard InChI is InChI=1S/C31H53NO6/c1-5-9-11-17-27(38-24-14-23-32)20-18-26-19-21-28(33)31(26,30(35)37-8-4)22-13-10-12-16-25(15-6-2)29(34)36-7-3/h25-27H,5-22,24H2,1-4H3. The summed E-state index contributed by atoms with van der Waals surface area (Å²) in [5.41, 5.74) is -1.07. The number of carbonyl (C=O) groups is 3. The van der Waals surface area contributed by atoms with E-state index in [1.165, 1.54) is 0 Å². The molecule has 1 rings (SSSR count). The molecule has 0 saturated heterocycles. The Morgan fingerprint density at radius 3 is 2.34 bits per heavy atom. The summed E-state index contributed by atoms with van der Waals surface area (Å²) in [5, 5.41) is 8.89. The third-order valence-electron chi connectivity index (χ3n) is 7.97. The lowest BCUT2D eigenvalue weighted by atomic mass is 9.71. The van der Waals surface area contributed by atoms with Crippen molar-refractivity contribution in [1.82, 2.24) is 0 Å². The fraction of sp³-hybridized carbons (Fsp3) is 0.871. The highest BCUT2D eigenvalue weighted by Crippen LogP contribution is 2.48. The molecule has 1 fully saturated rings. The van der Waals surface area contributed by atoms with Gasteiger partial charge < -0.3 is 14.2 Å². The Balaban J connectivity index is 2.83. The summed E-state index contributed by atoms with van der Waals surface area (Å²) in [6.45, 7) is 8.94. The number of unbranched alkanes of at least 4 members (excludes halogenated alkanes) is 4. The molecule has 1 aliphatic carbocycles. The molecule has 1 saturated carbocycles. The Morgan fingerprint density at radius 1 is 0.947 bits per heavy atom. The zero-order valence-electron chi connectivity index (χ0n) is 24.6. The Morgan fingerprint density at radius 2 is 1.68 bits per heavy atom. The Hall–Kier alpha value is -1.94. The van der Waals surface area contributed by atoms with Crippen LogP contribution in [0.1, 0.15) is 130 Å². The van der Waals surface area contributed by atoms with E-state index in [4.69, 9.17) is 19.5 Å². The molecule has 0 aliphatic heterocycles. The second kappa shape index (κ2) is 20.0. The van der Waals surface area contributed by atoms with Crippen LogP contribution in [0.4, 0.5) is 0 Å². The van der Waals surface area contributed by atoms with Crippen molar-refractivity contribution in [3.05, 3.63) is 0 Å². The molecule has 218 valence electrons. The smallest absolute Gasteiger partial charge is 0.319 e. The second-order valence-electron chi connectivity index (χ2n) is 10.7. The van der Waals surface area contributed by atoms with Gasteiger partial charge in [0.25, 0.3) is 0 Å². The van der Waals surface area contributed by atoms with E-state index in [0.717, 1.165) is 77.0 Å². The van der Waals surface area contributed by atoms with Crippen LogP contribution in [0.2, 0.25) is 0 Å². The fourth-order valence-electron chi connectivity index (χ4n) is 5.93. The lowest BCUT2D eigenvalue weighted by molar-refractivity contribution is -0.162. The number of esters is 2. The molecule has 38 heavy (non-hydrogen) atoms. The zero-order chi connectivity index (χ0) is 28.2. The highest BCUT2D eigenvalue weighted by molar-refractivity contribution is 6.05. The molecule has 0 heterocycles. The zero-order valence-corrected chi connectivity index (χ0v) is 24.6. The van der Waals surface area contributed by atoms with Gasteiger partial charge in [0.15, 0.2) is 0 Å². The van der Waals surface area contributed by atoms with E-state index < -0.39 is 5.41 Å². The molecule has 0 spiro atoms. The summed E-state index contributed by atoms with van der Waals surface area (Å²) in [5.74, 6) is -0.589. The summed E-state index contributed by atoms with van der Waals surface area (Å²) in [4.78, 5) is 38.8. The first-order valence-electron chi connectivity index (χ1n) is 15.3. The minimum atomic E-state index is -1.07. The second-order valence-corrected chi connectivity index (χ2v) is 10.7. The highest BCUT2D eigenvalue weighted by atomic mass is 16.5. The molecule has 1 aliphatic rings. The first-order valence-corrected chi connectivity index (χ1v) is 15.3. The topological polar surface area (TPSA) is 103 Å². The number of hydrogen-bond acceptors (Lipinski definition) is 7. The summed E-state index contributed by atoms with van der Waals surface area (Å²) in [6.07, 6.45) is 12.9. The van der Waals surface area contributed by atoms with E-state index in [2.05, 4.69) is 19.9 Å². The molecule has 0 radical (unpaired) electrons. The van der Waals surface area contributed by atoms with Gasteiger partial charge in [-0.25, -0.2) is 0 Å². The predicted molar refractivity (Wildman–Crippen MR) is 148 cm³/mol. The van der Waals surface area contributed by atoms with Gasteiger partial charge in [0.2, 0.25) is 0 Å². The van der Waals surface area contributed by atoms with Crippen LogP contribution in [-0.2, 0) is 28.6 Å². The molecule has 0 amide bonds. The van der Waals surface area contributed by atoms with Crippen molar-refractivity contribution < 1.29 is 28.6 Å². The molecule has 0 aromatic carbocycles. The minimum absolute atomic E-state index is 0.0178. The van der Waals surface area contributed by atoms with E-state index >= 15 is 0 Å². The average Bonchev–Trinajstić information content (AvgIpc) is 3.22. The van der Waals surface area contributed by atoms with Crippen molar-refractivity contribution in [2.24, 2.45) is 17.3 Å². The molecule has 0 aromatic heterocycles. The van der Waals surface area contributed by atoms with Crippen LogP contribution in [0.25, 0.3) is 0 Å². The molecular formula is C31H53NO6. The van der Waals surface area contributed by atoms with Crippen molar-refractivity contribution in [2.75, 3.05) is 19.8 Å². The maximum absolute atomic E-state index is 13.3. The molecule has 4 unspecified atom stereocenters. The van der Waals surface area contributed by atoms with Crippen LogP contribution in [0.3, 0.4) is 0 Å². The monoisotopic (exact) mass is 535 g/mol.